The Hall–Kier alpha value is -2.42. The highest BCUT2D eigenvalue weighted by Crippen LogP contribution is 2.31. The zero-order valence-electron chi connectivity index (χ0n) is 13.9. The molecule has 0 bridgehead atoms. The van der Waals surface area contributed by atoms with Crippen molar-refractivity contribution in [3.63, 3.8) is 0 Å². The van der Waals surface area contributed by atoms with E-state index >= 15 is 0 Å². The molecule has 22 heavy (non-hydrogen) atoms. The second-order valence-electron chi connectivity index (χ2n) is 6.05. The molecule has 0 amide bonds. The van der Waals surface area contributed by atoms with Crippen LogP contribution in [0, 0.1) is 20.8 Å². The monoisotopic (exact) mass is 292 g/mol. The first kappa shape index (κ1) is 14.5. The Morgan fingerprint density at radius 2 is 1.73 bits per heavy atom. The third kappa shape index (κ3) is 2.43. The van der Waals surface area contributed by atoms with Crippen molar-refractivity contribution in [3.05, 3.63) is 59.5 Å². The average molecular weight is 292 g/mol. The summed E-state index contributed by atoms with van der Waals surface area (Å²) in [5.41, 5.74) is 7.48. The fourth-order valence-electron chi connectivity index (χ4n) is 2.93. The van der Waals surface area contributed by atoms with Crippen LogP contribution in [0.1, 0.15) is 16.7 Å². The van der Waals surface area contributed by atoms with Crippen molar-refractivity contribution in [2.75, 3.05) is 0 Å². The van der Waals surface area contributed by atoms with Gasteiger partial charge in [-0.05, 0) is 49.6 Å². The lowest BCUT2D eigenvalue weighted by Crippen LogP contribution is -2.30. The Kier molecular flexibility index (Phi) is 3.57. The Morgan fingerprint density at radius 1 is 1.00 bits per heavy atom. The van der Waals surface area contributed by atoms with Crippen molar-refractivity contribution >= 4 is 0 Å². The van der Waals surface area contributed by atoms with E-state index in [9.17, 15) is 0 Å². The highest BCUT2D eigenvalue weighted by molar-refractivity contribution is 5.74. The molecule has 3 nitrogen and oxygen atoms in total. The third-order valence-corrected chi connectivity index (χ3v) is 4.20. The molecule has 1 aromatic carbocycles. The molecule has 0 aliphatic heterocycles. The van der Waals surface area contributed by atoms with Gasteiger partial charge in [-0.25, -0.2) is 9.55 Å². The normalized spacial score (nSPS) is 11.0. The van der Waals surface area contributed by atoms with E-state index in [4.69, 9.17) is 0 Å². The van der Waals surface area contributed by atoms with E-state index in [1.54, 1.807) is 0 Å². The van der Waals surface area contributed by atoms with Crippen LogP contribution in [0.25, 0.3) is 22.6 Å². The van der Waals surface area contributed by atoms with Gasteiger partial charge in [0.25, 0.3) is 0 Å². The van der Waals surface area contributed by atoms with E-state index < -0.39 is 0 Å². The third-order valence-electron chi connectivity index (χ3n) is 4.20. The molecule has 0 unspecified atom stereocenters. The van der Waals surface area contributed by atoms with E-state index in [-0.39, 0.29) is 0 Å². The summed E-state index contributed by atoms with van der Waals surface area (Å²) in [6.45, 7) is 6.46. The van der Waals surface area contributed by atoms with Gasteiger partial charge in [-0.3, -0.25) is 0 Å². The molecule has 2 aromatic heterocycles. The summed E-state index contributed by atoms with van der Waals surface area (Å²) in [5, 5.41) is 0. The van der Waals surface area contributed by atoms with E-state index in [2.05, 4.69) is 72.4 Å². The Bertz CT molecular complexity index is 844. The molecule has 0 aliphatic rings. The number of nitrogens with zero attached hydrogens (tertiary/aromatic N) is 3. The summed E-state index contributed by atoms with van der Waals surface area (Å²) in [7, 11) is 4.13. The molecule has 2 heterocycles. The Morgan fingerprint density at radius 3 is 2.41 bits per heavy atom. The minimum Gasteiger partial charge on any atom is -0.334 e. The molecule has 3 rings (SSSR count). The lowest BCUT2D eigenvalue weighted by atomic mass is 9.95. The largest absolute Gasteiger partial charge is 0.334 e. The van der Waals surface area contributed by atoms with Gasteiger partial charge < -0.3 is 4.57 Å². The fourth-order valence-corrected chi connectivity index (χ4v) is 2.93. The zero-order valence-corrected chi connectivity index (χ0v) is 13.9. The van der Waals surface area contributed by atoms with Gasteiger partial charge in [0.05, 0.1) is 5.56 Å². The van der Waals surface area contributed by atoms with Crippen LogP contribution in [0.4, 0.5) is 0 Å². The Labute approximate surface area is 131 Å². The summed E-state index contributed by atoms with van der Waals surface area (Å²) in [6.07, 6.45) is 5.96. The second-order valence-corrected chi connectivity index (χ2v) is 6.05. The lowest BCUT2D eigenvalue weighted by molar-refractivity contribution is -0.660. The average Bonchev–Trinajstić information content (AvgIpc) is 2.90. The molecule has 0 aliphatic carbocycles. The number of rotatable bonds is 2. The summed E-state index contributed by atoms with van der Waals surface area (Å²) in [5.74, 6) is 1.01. The van der Waals surface area contributed by atoms with Crippen molar-refractivity contribution in [1.82, 2.24) is 9.55 Å². The molecule has 0 N–H and O–H groups in total. The first-order valence-electron chi connectivity index (χ1n) is 7.53. The summed E-state index contributed by atoms with van der Waals surface area (Å²) in [6, 6.07) is 8.85. The van der Waals surface area contributed by atoms with Crippen molar-refractivity contribution < 1.29 is 4.57 Å². The number of hydrogen-bond acceptors (Lipinski definition) is 1. The van der Waals surface area contributed by atoms with Crippen molar-refractivity contribution in [3.8, 4) is 22.6 Å². The van der Waals surface area contributed by atoms with E-state index in [0.29, 0.717) is 0 Å². The van der Waals surface area contributed by atoms with Gasteiger partial charge in [-0.2, -0.15) is 0 Å². The first-order valence-corrected chi connectivity index (χ1v) is 7.53. The number of aromatic nitrogens is 3. The number of imidazole rings is 1. The molecule has 0 saturated carbocycles. The van der Waals surface area contributed by atoms with Crippen LogP contribution in [0.5, 0.6) is 0 Å². The van der Waals surface area contributed by atoms with Gasteiger partial charge in [0.15, 0.2) is 6.20 Å². The first-order chi connectivity index (χ1) is 10.5. The van der Waals surface area contributed by atoms with E-state index in [1.165, 1.54) is 33.5 Å². The highest BCUT2D eigenvalue weighted by Gasteiger charge is 2.17. The maximum Gasteiger partial charge on any atom is 0.212 e. The van der Waals surface area contributed by atoms with Gasteiger partial charge in [0, 0.05) is 37.1 Å². The molecular weight excluding hydrogens is 270 g/mol. The van der Waals surface area contributed by atoms with Crippen LogP contribution in [0.2, 0.25) is 0 Å². The van der Waals surface area contributed by atoms with E-state index in [1.807, 2.05) is 19.4 Å². The fraction of sp³-hybridized carbons (Fsp3) is 0.263. The smallest absolute Gasteiger partial charge is 0.212 e. The number of hydrogen-bond donors (Lipinski definition) is 0. The van der Waals surface area contributed by atoms with Crippen LogP contribution >= 0.6 is 0 Å². The zero-order chi connectivity index (χ0) is 15.9. The van der Waals surface area contributed by atoms with Crippen LogP contribution in [0.15, 0.2) is 42.9 Å². The Balaban J connectivity index is 2.28. The molecule has 3 heteroatoms. The van der Waals surface area contributed by atoms with Gasteiger partial charge in [-0.1, -0.05) is 0 Å². The minimum atomic E-state index is 1.01. The van der Waals surface area contributed by atoms with Crippen LogP contribution in [0.3, 0.4) is 0 Å². The molecule has 112 valence electrons. The van der Waals surface area contributed by atoms with Crippen LogP contribution in [-0.2, 0) is 14.1 Å². The minimum absolute atomic E-state index is 1.01. The molecule has 0 atom stereocenters. The van der Waals surface area contributed by atoms with Gasteiger partial charge in [0.1, 0.15) is 12.9 Å². The summed E-state index contributed by atoms with van der Waals surface area (Å²) in [4.78, 5) is 4.52. The highest BCUT2D eigenvalue weighted by atomic mass is 15.0. The van der Waals surface area contributed by atoms with Gasteiger partial charge >= 0.3 is 0 Å². The molecule has 0 spiro atoms. The number of benzene rings is 1. The number of pyridine rings is 1. The maximum atomic E-state index is 4.52. The van der Waals surface area contributed by atoms with Crippen LogP contribution in [-0.4, -0.2) is 9.55 Å². The molecule has 0 radical (unpaired) electrons. The van der Waals surface area contributed by atoms with Crippen molar-refractivity contribution in [1.29, 1.82) is 0 Å². The predicted molar refractivity (Wildman–Crippen MR) is 89.5 cm³/mol. The topological polar surface area (TPSA) is 21.7 Å². The van der Waals surface area contributed by atoms with Gasteiger partial charge in [-0.15, -0.1) is 0 Å². The van der Waals surface area contributed by atoms with Crippen LogP contribution < -0.4 is 4.57 Å². The molecule has 3 aromatic rings. The molecule has 0 saturated heterocycles. The second kappa shape index (κ2) is 5.41. The predicted octanol–water partition coefficient (Wildman–Crippen LogP) is 3.50. The van der Waals surface area contributed by atoms with Crippen molar-refractivity contribution in [2.45, 2.75) is 20.8 Å². The number of aryl methyl sites for hydroxylation is 4. The van der Waals surface area contributed by atoms with Gasteiger partial charge in [0.2, 0.25) is 5.69 Å². The standard InChI is InChI=1S/C19H22N3/c1-13-6-8-21(4)18(12-13)16-10-14(2)11-17(15(16)3)19-20-7-9-22(19)5/h6-12H,1-5H3/q+1. The SMILES string of the molecule is Cc1cc(-c2nccn2C)c(C)c(-c2cc(C)cc[n+]2C)c1. The quantitative estimate of drug-likeness (QED) is 0.662. The summed E-state index contributed by atoms with van der Waals surface area (Å²) >= 11 is 0. The summed E-state index contributed by atoms with van der Waals surface area (Å²) < 4.78 is 4.25. The lowest BCUT2D eigenvalue weighted by Gasteiger charge is -2.12. The maximum absolute atomic E-state index is 4.52. The van der Waals surface area contributed by atoms with E-state index in [0.717, 1.165) is 5.82 Å². The molecular formula is C19H22N3+. The van der Waals surface area contributed by atoms with Crippen molar-refractivity contribution in [2.24, 2.45) is 14.1 Å². The molecule has 0 fully saturated rings.